The molecule has 0 amide bonds. The van der Waals surface area contributed by atoms with Crippen molar-refractivity contribution in [3.05, 3.63) is 35.0 Å². The highest BCUT2D eigenvalue weighted by Gasteiger charge is 2.25. The van der Waals surface area contributed by atoms with Crippen molar-refractivity contribution in [3.63, 3.8) is 0 Å². The number of benzene rings is 1. The van der Waals surface area contributed by atoms with Crippen LogP contribution >= 0.6 is 0 Å². The van der Waals surface area contributed by atoms with Gasteiger partial charge in [0.2, 0.25) is 0 Å². The number of aryl methyl sites for hydroxylation is 1. The van der Waals surface area contributed by atoms with Crippen molar-refractivity contribution in [2.45, 2.75) is 32.1 Å². The van der Waals surface area contributed by atoms with Gasteiger partial charge in [-0.05, 0) is 49.9 Å². The quantitative estimate of drug-likeness (QED) is 0.867. The van der Waals surface area contributed by atoms with E-state index < -0.39 is 11.9 Å². The van der Waals surface area contributed by atoms with Gasteiger partial charge in [-0.1, -0.05) is 0 Å². The Morgan fingerprint density at radius 3 is 2.95 bits per heavy atom. The van der Waals surface area contributed by atoms with E-state index in [0.29, 0.717) is 18.6 Å². The first-order valence-electron chi connectivity index (χ1n) is 7.14. The Morgan fingerprint density at radius 2 is 2.24 bits per heavy atom. The van der Waals surface area contributed by atoms with Gasteiger partial charge in [-0.15, -0.1) is 0 Å². The predicted octanol–water partition coefficient (Wildman–Crippen LogP) is 1.51. The van der Waals surface area contributed by atoms with Crippen LogP contribution in [0.5, 0.6) is 0 Å². The van der Waals surface area contributed by atoms with E-state index in [1.807, 2.05) is 0 Å². The lowest BCUT2D eigenvalue weighted by Gasteiger charge is -2.23. The minimum atomic E-state index is -1.05. The topological polar surface area (TPSA) is 82.2 Å². The van der Waals surface area contributed by atoms with Crippen molar-refractivity contribution in [2.24, 2.45) is 0 Å². The SMILES string of the molecule is CCOC(=O)c1ccc2[nH]c3c(c2c1)CCC[C@H]3C(=O)[O-]. The van der Waals surface area contributed by atoms with E-state index in [2.05, 4.69) is 4.98 Å². The number of hydrogen-bond acceptors (Lipinski definition) is 4. The minimum absolute atomic E-state index is 0.328. The molecule has 1 aliphatic carbocycles. The number of hydrogen-bond donors (Lipinski definition) is 1. The van der Waals surface area contributed by atoms with Crippen LogP contribution in [0.3, 0.4) is 0 Å². The largest absolute Gasteiger partial charge is 0.549 e. The Balaban J connectivity index is 2.10. The fourth-order valence-electron chi connectivity index (χ4n) is 3.04. The molecular formula is C16H16NO4-. The molecule has 1 aromatic heterocycles. The fraction of sp³-hybridized carbons (Fsp3) is 0.375. The first-order chi connectivity index (χ1) is 10.1. The summed E-state index contributed by atoms with van der Waals surface area (Å²) in [5.41, 5.74) is 3.04. The molecule has 3 rings (SSSR count). The number of carbonyl (C=O) groups is 2. The van der Waals surface area contributed by atoms with Crippen molar-refractivity contribution in [3.8, 4) is 0 Å². The van der Waals surface area contributed by atoms with Crippen LogP contribution in [0.25, 0.3) is 10.9 Å². The lowest BCUT2D eigenvalue weighted by molar-refractivity contribution is -0.308. The van der Waals surface area contributed by atoms with Crippen molar-refractivity contribution >= 4 is 22.8 Å². The molecule has 2 aromatic rings. The maximum Gasteiger partial charge on any atom is 0.338 e. The first kappa shape index (κ1) is 13.7. The van der Waals surface area contributed by atoms with Gasteiger partial charge in [0.1, 0.15) is 0 Å². The molecule has 0 saturated heterocycles. The molecule has 1 N–H and O–H groups in total. The molecular weight excluding hydrogens is 270 g/mol. The minimum Gasteiger partial charge on any atom is -0.549 e. The third-order valence-electron chi connectivity index (χ3n) is 4.00. The second-order valence-electron chi connectivity index (χ2n) is 5.26. The number of nitrogens with one attached hydrogen (secondary N) is 1. The number of fused-ring (bicyclic) bond motifs is 3. The molecule has 1 aromatic carbocycles. The highest BCUT2D eigenvalue weighted by atomic mass is 16.5. The van der Waals surface area contributed by atoms with Gasteiger partial charge in [0, 0.05) is 22.5 Å². The molecule has 5 nitrogen and oxygen atoms in total. The molecule has 0 radical (unpaired) electrons. The third kappa shape index (κ3) is 2.28. The maximum absolute atomic E-state index is 11.8. The second-order valence-corrected chi connectivity index (χ2v) is 5.26. The zero-order chi connectivity index (χ0) is 15.0. The number of esters is 1. The summed E-state index contributed by atoms with van der Waals surface area (Å²) < 4.78 is 5.00. The molecule has 1 atom stereocenters. The van der Waals surface area contributed by atoms with Gasteiger partial charge in [0.25, 0.3) is 0 Å². The van der Waals surface area contributed by atoms with E-state index in [0.717, 1.165) is 35.0 Å². The van der Waals surface area contributed by atoms with Crippen molar-refractivity contribution in [1.29, 1.82) is 0 Å². The lowest BCUT2D eigenvalue weighted by Crippen LogP contribution is -2.31. The zero-order valence-corrected chi connectivity index (χ0v) is 11.8. The van der Waals surface area contributed by atoms with Crippen molar-refractivity contribution < 1.29 is 19.4 Å². The lowest BCUT2D eigenvalue weighted by atomic mass is 9.87. The van der Waals surface area contributed by atoms with Gasteiger partial charge >= 0.3 is 5.97 Å². The predicted molar refractivity (Wildman–Crippen MR) is 74.9 cm³/mol. The van der Waals surface area contributed by atoms with Crippen molar-refractivity contribution in [1.82, 2.24) is 4.98 Å². The van der Waals surface area contributed by atoms with Crippen LogP contribution in [0.4, 0.5) is 0 Å². The molecule has 0 fully saturated rings. The number of carbonyl (C=O) groups excluding carboxylic acids is 2. The molecule has 21 heavy (non-hydrogen) atoms. The smallest absolute Gasteiger partial charge is 0.338 e. The van der Waals surface area contributed by atoms with Gasteiger partial charge in [0.05, 0.1) is 18.1 Å². The summed E-state index contributed by atoms with van der Waals surface area (Å²) in [6, 6.07) is 5.27. The van der Waals surface area contributed by atoms with E-state index in [1.165, 1.54) is 0 Å². The van der Waals surface area contributed by atoms with Crippen LogP contribution in [-0.2, 0) is 16.0 Å². The van der Waals surface area contributed by atoms with Gasteiger partial charge in [-0.25, -0.2) is 4.79 Å². The first-order valence-corrected chi connectivity index (χ1v) is 7.14. The number of aromatic amines is 1. The molecule has 0 spiro atoms. The molecule has 0 unspecified atom stereocenters. The third-order valence-corrected chi connectivity index (χ3v) is 4.00. The van der Waals surface area contributed by atoms with Crippen LogP contribution in [0.1, 0.15) is 47.3 Å². The van der Waals surface area contributed by atoms with E-state index in [1.54, 1.807) is 25.1 Å². The number of carboxylic acids is 1. The van der Waals surface area contributed by atoms with Crippen LogP contribution in [0, 0.1) is 0 Å². The van der Waals surface area contributed by atoms with E-state index in [4.69, 9.17) is 4.74 Å². The van der Waals surface area contributed by atoms with Crippen LogP contribution < -0.4 is 5.11 Å². The normalized spacial score (nSPS) is 17.5. The molecule has 0 aliphatic heterocycles. The highest BCUT2D eigenvalue weighted by Crippen LogP contribution is 2.36. The number of H-pyrrole nitrogens is 1. The Kier molecular flexibility index (Phi) is 3.41. The summed E-state index contributed by atoms with van der Waals surface area (Å²) >= 11 is 0. The van der Waals surface area contributed by atoms with E-state index in [9.17, 15) is 14.7 Å². The average molecular weight is 286 g/mol. The van der Waals surface area contributed by atoms with E-state index >= 15 is 0 Å². The Morgan fingerprint density at radius 1 is 1.43 bits per heavy atom. The zero-order valence-electron chi connectivity index (χ0n) is 11.8. The molecule has 1 heterocycles. The summed E-state index contributed by atoms with van der Waals surface area (Å²) in [6.07, 6.45) is 2.21. The van der Waals surface area contributed by atoms with Gasteiger partial charge in [-0.3, -0.25) is 0 Å². The summed E-state index contributed by atoms with van der Waals surface area (Å²) in [5.74, 6) is -2.00. The van der Waals surface area contributed by atoms with Gasteiger partial charge in [0.15, 0.2) is 0 Å². The number of rotatable bonds is 3. The van der Waals surface area contributed by atoms with Crippen molar-refractivity contribution in [2.75, 3.05) is 6.61 Å². The number of ether oxygens (including phenoxy) is 1. The molecule has 1 aliphatic rings. The Bertz CT molecular complexity index is 716. The summed E-state index contributed by atoms with van der Waals surface area (Å²) in [4.78, 5) is 26.2. The average Bonchev–Trinajstić information content (AvgIpc) is 2.84. The standard InChI is InChI=1S/C16H17NO4/c1-2-21-16(20)9-6-7-13-12(8-9)10-4-3-5-11(15(18)19)14(10)17-13/h6-8,11,17H,2-5H2,1H3,(H,18,19)/p-1/t11-/m1/s1. The fourth-order valence-corrected chi connectivity index (χ4v) is 3.04. The van der Waals surface area contributed by atoms with Gasteiger partial charge < -0.3 is 19.6 Å². The monoisotopic (exact) mass is 286 g/mol. The molecule has 0 saturated carbocycles. The molecule has 110 valence electrons. The van der Waals surface area contributed by atoms with Crippen LogP contribution in [0.2, 0.25) is 0 Å². The summed E-state index contributed by atoms with van der Waals surface area (Å²) in [5, 5.41) is 12.2. The number of aliphatic carboxylic acids is 1. The van der Waals surface area contributed by atoms with Crippen LogP contribution in [0.15, 0.2) is 18.2 Å². The highest BCUT2D eigenvalue weighted by molar-refractivity contribution is 5.96. The van der Waals surface area contributed by atoms with Gasteiger partial charge in [-0.2, -0.15) is 0 Å². The summed E-state index contributed by atoms with van der Waals surface area (Å²) in [6.45, 7) is 2.09. The Hall–Kier alpha value is -2.30. The number of carboxylic acid groups (broad SMARTS) is 1. The Labute approximate surface area is 121 Å². The molecule has 0 bridgehead atoms. The summed E-state index contributed by atoms with van der Waals surface area (Å²) in [7, 11) is 0. The number of aromatic nitrogens is 1. The maximum atomic E-state index is 11.8. The van der Waals surface area contributed by atoms with Crippen LogP contribution in [-0.4, -0.2) is 23.5 Å². The van der Waals surface area contributed by atoms with E-state index in [-0.39, 0.29) is 5.97 Å². The second kappa shape index (κ2) is 5.24. The molecule has 5 heteroatoms.